The summed E-state index contributed by atoms with van der Waals surface area (Å²) in [6, 6.07) is 5.66. The van der Waals surface area contributed by atoms with Crippen molar-refractivity contribution >= 4 is 5.91 Å². The van der Waals surface area contributed by atoms with Crippen LogP contribution < -0.4 is 4.74 Å². The third-order valence-electron chi connectivity index (χ3n) is 2.61. The van der Waals surface area contributed by atoms with Crippen molar-refractivity contribution < 1.29 is 13.9 Å². The second kappa shape index (κ2) is 6.14. The highest BCUT2D eigenvalue weighted by molar-refractivity contribution is 5.77. The first kappa shape index (κ1) is 14.0. The molecule has 0 saturated heterocycles. The van der Waals surface area contributed by atoms with Crippen LogP contribution >= 0.6 is 0 Å². The van der Waals surface area contributed by atoms with Gasteiger partial charge in [0.05, 0.1) is 6.54 Å². The fourth-order valence-corrected chi connectivity index (χ4v) is 1.57. The van der Waals surface area contributed by atoms with Gasteiger partial charge in [0.2, 0.25) is 0 Å². The van der Waals surface area contributed by atoms with Crippen LogP contribution in [-0.4, -0.2) is 39.6 Å². The monoisotopic (exact) mass is 278 g/mol. The molecule has 0 fully saturated rings. The third-order valence-corrected chi connectivity index (χ3v) is 2.61. The zero-order valence-corrected chi connectivity index (χ0v) is 11.3. The van der Waals surface area contributed by atoms with Crippen LogP contribution in [0.4, 0.5) is 4.39 Å². The fraction of sp³-hybridized carbons (Fsp3) is 0.308. The van der Waals surface area contributed by atoms with Gasteiger partial charge in [0.1, 0.15) is 17.4 Å². The summed E-state index contributed by atoms with van der Waals surface area (Å²) in [7, 11) is 1.63. The van der Waals surface area contributed by atoms with Crippen molar-refractivity contribution in [3.05, 3.63) is 41.7 Å². The molecule has 0 bridgehead atoms. The lowest BCUT2D eigenvalue weighted by Gasteiger charge is -2.15. The SMILES string of the molecule is Cc1nc(CN(C)C(=O)COc2cccc(F)c2)n[nH]1. The van der Waals surface area contributed by atoms with Gasteiger partial charge < -0.3 is 9.64 Å². The van der Waals surface area contributed by atoms with Crippen LogP contribution in [0.25, 0.3) is 0 Å². The maximum Gasteiger partial charge on any atom is 0.260 e. The normalized spacial score (nSPS) is 10.3. The van der Waals surface area contributed by atoms with E-state index in [1.54, 1.807) is 20.0 Å². The molecule has 0 aliphatic carbocycles. The molecule has 0 atom stereocenters. The minimum atomic E-state index is -0.403. The topological polar surface area (TPSA) is 71.1 Å². The molecule has 0 aliphatic heterocycles. The molecule has 2 rings (SSSR count). The van der Waals surface area contributed by atoms with Gasteiger partial charge in [0.15, 0.2) is 12.4 Å². The first-order valence-corrected chi connectivity index (χ1v) is 6.05. The molecule has 0 spiro atoms. The molecule has 0 unspecified atom stereocenters. The molecule has 0 saturated carbocycles. The summed E-state index contributed by atoms with van der Waals surface area (Å²) in [5, 5.41) is 6.65. The van der Waals surface area contributed by atoms with Crippen LogP contribution in [-0.2, 0) is 11.3 Å². The van der Waals surface area contributed by atoms with E-state index in [4.69, 9.17) is 4.74 Å². The molecule has 1 amide bonds. The summed E-state index contributed by atoms with van der Waals surface area (Å²) in [5.41, 5.74) is 0. The zero-order valence-electron chi connectivity index (χ0n) is 11.3. The first-order chi connectivity index (χ1) is 9.54. The van der Waals surface area contributed by atoms with E-state index in [9.17, 15) is 9.18 Å². The fourth-order valence-electron chi connectivity index (χ4n) is 1.57. The number of nitrogens with one attached hydrogen (secondary N) is 1. The molecule has 0 aliphatic rings. The lowest BCUT2D eigenvalue weighted by atomic mass is 10.3. The first-order valence-electron chi connectivity index (χ1n) is 6.05. The molecule has 1 aromatic heterocycles. The average molecular weight is 278 g/mol. The molecular weight excluding hydrogens is 263 g/mol. The zero-order chi connectivity index (χ0) is 14.5. The van der Waals surface area contributed by atoms with Gasteiger partial charge in [0, 0.05) is 13.1 Å². The molecule has 7 heteroatoms. The lowest BCUT2D eigenvalue weighted by molar-refractivity contribution is -0.132. The van der Waals surface area contributed by atoms with Crippen LogP contribution in [0, 0.1) is 12.7 Å². The summed E-state index contributed by atoms with van der Waals surface area (Å²) in [6.07, 6.45) is 0. The Bertz CT molecular complexity index is 600. The van der Waals surface area contributed by atoms with Crippen LogP contribution in [0.2, 0.25) is 0 Å². The number of carbonyl (C=O) groups is 1. The quantitative estimate of drug-likeness (QED) is 0.894. The molecule has 1 aromatic carbocycles. The van der Waals surface area contributed by atoms with Gasteiger partial charge in [-0.15, -0.1) is 0 Å². The number of ether oxygens (including phenoxy) is 1. The summed E-state index contributed by atoms with van der Waals surface area (Å²) in [5.74, 6) is 0.901. The lowest BCUT2D eigenvalue weighted by Crippen LogP contribution is -2.31. The molecule has 106 valence electrons. The van der Waals surface area contributed by atoms with Crippen molar-refractivity contribution in [3.63, 3.8) is 0 Å². The highest BCUT2D eigenvalue weighted by Crippen LogP contribution is 2.11. The predicted molar refractivity (Wildman–Crippen MR) is 69.5 cm³/mol. The van der Waals surface area contributed by atoms with Gasteiger partial charge in [-0.25, -0.2) is 9.37 Å². The number of hydrogen-bond acceptors (Lipinski definition) is 4. The van der Waals surface area contributed by atoms with Crippen molar-refractivity contribution in [1.82, 2.24) is 20.1 Å². The number of benzene rings is 1. The number of likely N-dealkylation sites (N-methyl/N-ethyl adjacent to an activating group) is 1. The van der Waals surface area contributed by atoms with E-state index in [-0.39, 0.29) is 19.1 Å². The Hall–Kier alpha value is -2.44. The number of aryl methyl sites for hydroxylation is 1. The summed E-state index contributed by atoms with van der Waals surface area (Å²) >= 11 is 0. The molecule has 0 radical (unpaired) electrons. The van der Waals surface area contributed by atoms with Gasteiger partial charge >= 0.3 is 0 Å². The molecule has 2 aromatic rings. The largest absolute Gasteiger partial charge is 0.484 e. The van der Waals surface area contributed by atoms with Gasteiger partial charge in [0.25, 0.3) is 5.91 Å². The second-order valence-electron chi connectivity index (χ2n) is 4.33. The Morgan fingerprint density at radius 3 is 2.95 bits per heavy atom. The Labute approximate surface area is 115 Å². The number of H-pyrrole nitrogens is 1. The van der Waals surface area contributed by atoms with Crippen LogP contribution in [0.1, 0.15) is 11.6 Å². The minimum Gasteiger partial charge on any atom is -0.484 e. The van der Waals surface area contributed by atoms with E-state index in [1.165, 1.54) is 23.1 Å². The number of hydrogen-bond donors (Lipinski definition) is 1. The number of nitrogens with zero attached hydrogens (tertiary/aromatic N) is 3. The van der Waals surface area contributed by atoms with Crippen LogP contribution in [0.15, 0.2) is 24.3 Å². The standard InChI is InChI=1S/C13H15FN4O2/c1-9-15-12(17-16-9)7-18(2)13(19)8-20-11-5-3-4-10(14)6-11/h3-6H,7-8H2,1-2H3,(H,15,16,17). The van der Waals surface area contributed by atoms with Gasteiger partial charge in [-0.2, -0.15) is 5.10 Å². The molecule has 6 nitrogen and oxygen atoms in total. The third kappa shape index (κ3) is 3.78. The van der Waals surface area contributed by atoms with E-state index in [1.807, 2.05) is 0 Å². The molecule has 1 N–H and O–H groups in total. The summed E-state index contributed by atoms with van der Waals surface area (Å²) in [4.78, 5) is 17.4. The Morgan fingerprint density at radius 2 is 2.30 bits per heavy atom. The summed E-state index contributed by atoms with van der Waals surface area (Å²) in [6.45, 7) is 1.91. The number of halogens is 1. The van der Waals surface area contributed by atoms with E-state index < -0.39 is 5.82 Å². The van der Waals surface area contributed by atoms with Crippen molar-refractivity contribution in [1.29, 1.82) is 0 Å². The Balaban J connectivity index is 1.85. The smallest absolute Gasteiger partial charge is 0.260 e. The van der Waals surface area contributed by atoms with E-state index in [2.05, 4.69) is 15.2 Å². The number of rotatable bonds is 5. The van der Waals surface area contributed by atoms with Gasteiger partial charge in [-0.05, 0) is 19.1 Å². The van der Waals surface area contributed by atoms with E-state index in [0.29, 0.717) is 17.4 Å². The number of carbonyl (C=O) groups excluding carboxylic acids is 1. The van der Waals surface area contributed by atoms with Crippen LogP contribution in [0.5, 0.6) is 5.75 Å². The van der Waals surface area contributed by atoms with Crippen molar-refractivity contribution in [2.24, 2.45) is 0 Å². The minimum absolute atomic E-state index is 0.163. The van der Waals surface area contributed by atoms with Gasteiger partial charge in [-0.3, -0.25) is 9.89 Å². The summed E-state index contributed by atoms with van der Waals surface area (Å²) < 4.78 is 18.2. The van der Waals surface area contributed by atoms with Crippen LogP contribution in [0.3, 0.4) is 0 Å². The number of amides is 1. The predicted octanol–water partition coefficient (Wildman–Crippen LogP) is 1.29. The Morgan fingerprint density at radius 1 is 1.50 bits per heavy atom. The average Bonchev–Trinajstić information content (AvgIpc) is 2.81. The molecule has 20 heavy (non-hydrogen) atoms. The van der Waals surface area contributed by atoms with E-state index in [0.717, 1.165) is 0 Å². The maximum atomic E-state index is 12.9. The van der Waals surface area contributed by atoms with E-state index >= 15 is 0 Å². The van der Waals surface area contributed by atoms with Crippen molar-refractivity contribution in [2.75, 3.05) is 13.7 Å². The maximum absolute atomic E-state index is 12.9. The Kier molecular flexibility index (Phi) is 4.29. The highest BCUT2D eigenvalue weighted by atomic mass is 19.1. The van der Waals surface area contributed by atoms with Crippen molar-refractivity contribution in [2.45, 2.75) is 13.5 Å². The second-order valence-corrected chi connectivity index (χ2v) is 4.33. The van der Waals surface area contributed by atoms with Crippen molar-refractivity contribution in [3.8, 4) is 5.75 Å². The highest BCUT2D eigenvalue weighted by Gasteiger charge is 2.12. The number of aromatic nitrogens is 3. The number of aromatic amines is 1. The van der Waals surface area contributed by atoms with Gasteiger partial charge in [-0.1, -0.05) is 6.07 Å². The molecule has 1 heterocycles. The molecular formula is C13H15FN4O2.